The number of aromatic nitrogens is 1. The van der Waals surface area contributed by atoms with Crippen LogP contribution in [-0.4, -0.2) is 81.0 Å². The fourth-order valence-corrected chi connectivity index (χ4v) is 7.04. The molecule has 8 nitrogen and oxygen atoms in total. The first-order valence-corrected chi connectivity index (χ1v) is 14.4. The van der Waals surface area contributed by atoms with Gasteiger partial charge in [-0.3, -0.25) is 9.69 Å². The van der Waals surface area contributed by atoms with E-state index in [1.807, 2.05) is 47.0 Å². The molecule has 1 fully saturated rings. The first-order valence-electron chi connectivity index (χ1n) is 12.1. The van der Waals surface area contributed by atoms with Crippen molar-refractivity contribution in [2.24, 2.45) is 0 Å². The van der Waals surface area contributed by atoms with E-state index in [9.17, 15) is 13.2 Å². The second-order valence-electron chi connectivity index (χ2n) is 9.68. The van der Waals surface area contributed by atoms with Gasteiger partial charge in [-0.1, -0.05) is 17.4 Å². The lowest BCUT2D eigenvalue weighted by Gasteiger charge is -2.34. The summed E-state index contributed by atoms with van der Waals surface area (Å²) in [7, 11) is 0.328. The van der Waals surface area contributed by atoms with Crippen LogP contribution in [0.4, 0.5) is 5.13 Å². The van der Waals surface area contributed by atoms with Gasteiger partial charge in [0, 0.05) is 25.2 Å². The Morgan fingerprint density at radius 1 is 1.08 bits per heavy atom. The number of anilines is 1. The Morgan fingerprint density at radius 2 is 1.73 bits per heavy atom. The summed E-state index contributed by atoms with van der Waals surface area (Å²) in [4.78, 5) is 22.3. The van der Waals surface area contributed by atoms with Crippen molar-refractivity contribution in [3.8, 4) is 0 Å². The van der Waals surface area contributed by atoms with E-state index >= 15 is 0 Å². The minimum atomic E-state index is -3.68. The van der Waals surface area contributed by atoms with Gasteiger partial charge >= 0.3 is 0 Å². The first-order chi connectivity index (χ1) is 17.0. The van der Waals surface area contributed by atoms with Crippen molar-refractivity contribution in [2.45, 2.75) is 44.3 Å². The molecule has 0 spiro atoms. The van der Waals surface area contributed by atoms with Crippen LogP contribution in [0.5, 0.6) is 0 Å². The third-order valence-electron chi connectivity index (χ3n) is 6.12. The van der Waals surface area contributed by atoms with Crippen LogP contribution in [0.15, 0.2) is 47.4 Å². The topological polar surface area (TPSA) is 83.1 Å². The van der Waals surface area contributed by atoms with Crippen molar-refractivity contribution < 1.29 is 17.9 Å². The van der Waals surface area contributed by atoms with Gasteiger partial charge in [-0.05, 0) is 89.8 Å². The molecule has 2 unspecified atom stereocenters. The third kappa shape index (κ3) is 6.87. The van der Waals surface area contributed by atoms with Crippen LogP contribution >= 0.6 is 23.7 Å². The minimum absolute atomic E-state index is 0. The van der Waals surface area contributed by atoms with Crippen molar-refractivity contribution in [3.05, 3.63) is 53.6 Å². The number of amides is 1. The summed E-state index contributed by atoms with van der Waals surface area (Å²) >= 11 is 1.49. The smallest absolute Gasteiger partial charge is 0.260 e. The average molecular weight is 567 g/mol. The Bertz CT molecular complexity index is 1320. The van der Waals surface area contributed by atoms with Gasteiger partial charge in [0.25, 0.3) is 5.91 Å². The lowest BCUT2D eigenvalue weighted by molar-refractivity contribution is -0.0440. The number of halogens is 1. The van der Waals surface area contributed by atoms with Crippen LogP contribution < -0.4 is 4.90 Å². The number of fused-ring (bicyclic) bond motifs is 1. The second kappa shape index (κ2) is 12.2. The minimum Gasteiger partial charge on any atom is -0.373 e. The van der Waals surface area contributed by atoms with Gasteiger partial charge in [-0.15, -0.1) is 12.4 Å². The van der Waals surface area contributed by atoms with Gasteiger partial charge in [0.1, 0.15) is 0 Å². The number of thiazole rings is 1. The maximum Gasteiger partial charge on any atom is 0.260 e. The Kier molecular flexibility index (Phi) is 9.71. The molecule has 1 aliphatic heterocycles. The molecule has 0 radical (unpaired) electrons. The molecular weight excluding hydrogens is 532 g/mol. The highest BCUT2D eigenvalue weighted by molar-refractivity contribution is 7.89. The summed E-state index contributed by atoms with van der Waals surface area (Å²) in [5.41, 5.74) is 2.43. The van der Waals surface area contributed by atoms with Crippen molar-refractivity contribution in [1.82, 2.24) is 14.2 Å². The zero-order valence-electron chi connectivity index (χ0n) is 21.9. The first kappa shape index (κ1) is 29.5. The number of nitrogens with zero attached hydrogens (tertiary/aromatic N) is 4. The summed E-state index contributed by atoms with van der Waals surface area (Å²) in [5, 5.41) is 0.646. The van der Waals surface area contributed by atoms with E-state index in [1.54, 1.807) is 17.0 Å². The summed E-state index contributed by atoms with van der Waals surface area (Å²) < 4.78 is 34.6. The molecule has 1 amide bonds. The fourth-order valence-electron chi connectivity index (χ4n) is 4.37. The molecule has 0 aliphatic carbocycles. The molecule has 1 aliphatic rings. The highest BCUT2D eigenvalue weighted by Crippen LogP contribution is 2.31. The molecule has 202 valence electrons. The van der Waals surface area contributed by atoms with E-state index < -0.39 is 10.0 Å². The van der Waals surface area contributed by atoms with Crippen molar-refractivity contribution >= 4 is 55.0 Å². The van der Waals surface area contributed by atoms with Crippen molar-refractivity contribution in [2.75, 3.05) is 45.2 Å². The summed E-state index contributed by atoms with van der Waals surface area (Å²) in [5.74, 6) is -0.193. The Hall–Kier alpha value is -2.08. The molecule has 37 heavy (non-hydrogen) atoms. The zero-order chi connectivity index (χ0) is 26.0. The number of carbonyl (C=O) groups is 1. The molecular formula is C26H35ClN4O4S2. The number of rotatable bonds is 8. The Morgan fingerprint density at radius 3 is 2.35 bits per heavy atom. The van der Waals surface area contributed by atoms with E-state index in [1.165, 1.54) is 27.8 Å². The summed E-state index contributed by atoms with van der Waals surface area (Å²) in [6, 6.07) is 12.3. The van der Waals surface area contributed by atoms with E-state index in [4.69, 9.17) is 9.72 Å². The number of ether oxygens (including phenoxy) is 1. The van der Waals surface area contributed by atoms with E-state index in [-0.39, 0.29) is 35.4 Å². The van der Waals surface area contributed by atoms with Crippen LogP contribution in [0.1, 0.15) is 36.2 Å². The number of sulfonamides is 1. The molecule has 2 heterocycles. The quantitative estimate of drug-likeness (QED) is 0.401. The molecule has 1 aromatic heterocycles. The zero-order valence-corrected chi connectivity index (χ0v) is 24.3. The average Bonchev–Trinajstić information content (AvgIpc) is 3.23. The third-order valence-corrected chi connectivity index (χ3v) is 9.01. The normalized spacial score (nSPS) is 18.6. The van der Waals surface area contributed by atoms with E-state index in [2.05, 4.69) is 11.0 Å². The molecule has 11 heteroatoms. The largest absolute Gasteiger partial charge is 0.373 e. The standard InChI is InChI=1S/C26H34N4O4S2.ClH/c1-18-7-12-23-24(15-18)35-26(27-23)30(14-6-13-28(4)5)25(31)21-8-10-22(11-9-21)36(32,33)29-16-19(2)34-20(3)17-29;/h7-12,15,19-20H,6,13-14,16-17H2,1-5H3;1H. The molecule has 0 bridgehead atoms. The molecule has 1 saturated heterocycles. The number of benzene rings is 2. The maximum absolute atomic E-state index is 13.6. The number of morpholine rings is 1. The van der Waals surface area contributed by atoms with Crippen LogP contribution in [0.2, 0.25) is 0 Å². The SMILES string of the molecule is Cc1ccc2nc(N(CCCN(C)C)C(=O)c3ccc(S(=O)(=O)N4CC(C)OC(C)C4)cc3)sc2c1.Cl. The lowest BCUT2D eigenvalue weighted by atomic mass is 10.2. The van der Waals surface area contributed by atoms with Crippen LogP contribution in [0, 0.1) is 6.92 Å². The van der Waals surface area contributed by atoms with Gasteiger partial charge in [-0.25, -0.2) is 13.4 Å². The Labute approximate surface area is 229 Å². The second-order valence-corrected chi connectivity index (χ2v) is 12.6. The van der Waals surface area contributed by atoms with Gasteiger partial charge in [-0.2, -0.15) is 4.31 Å². The Balaban J connectivity index is 0.00000380. The van der Waals surface area contributed by atoms with Gasteiger partial charge in [0.15, 0.2) is 5.13 Å². The van der Waals surface area contributed by atoms with Crippen molar-refractivity contribution in [1.29, 1.82) is 0 Å². The van der Waals surface area contributed by atoms with Gasteiger partial charge in [0.05, 0.1) is 27.3 Å². The van der Waals surface area contributed by atoms with Gasteiger partial charge in [0.2, 0.25) is 10.0 Å². The van der Waals surface area contributed by atoms with Gasteiger partial charge < -0.3 is 9.64 Å². The molecule has 2 aromatic carbocycles. The van der Waals surface area contributed by atoms with Crippen molar-refractivity contribution in [3.63, 3.8) is 0 Å². The van der Waals surface area contributed by atoms with Crippen LogP contribution in [0.3, 0.4) is 0 Å². The molecule has 3 aromatic rings. The number of carbonyl (C=O) groups excluding carboxylic acids is 1. The predicted octanol–water partition coefficient (Wildman–Crippen LogP) is 4.42. The molecule has 2 atom stereocenters. The fraction of sp³-hybridized carbons (Fsp3) is 0.462. The number of hydrogen-bond donors (Lipinski definition) is 0. The molecule has 4 rings (SSSR count). The maximum atomic E-state index is 13.6. The molecule has 0 N–H and O–H groups in total. The predicted molar refractivity (Wildman–Crippen MR) is 152 cm³/mol. The summed E-state index contributed by atoms with van der Waals surface area (Å²) in [6.45, 7) is 7.74. The molecule has 0 saturated carbocycles. The number of hydrogen-bond acceptors (Lipinski definition) is 7. The summed E-state index contributed by atoms with van der Waals surface area (Å²) in [6.07, 6.45) is 0.448. The van der Waals surface area contributed by atoms with Crippen LogP contribution in [-0.2, 0) is 14.8 Å². The monoisotopic (exact) mass is 566 g/mol. The lowest BCUT2D eigenvalue weighted by Crippen LogP contribution is -2.48. The van der Waals surface area contributed by atoms with E-state index in [0.717, 1.165) is 28.7 Å². The van der Waals surface area contributed by atoms with E-state index in [0.29, 0.717) is 30.3 Å². The van der Waals surface area contributed by atoms with Crippen LogP contribution in [0.25, 0.3) is 10.2 Å². The highest BCUT2D eigenvalue weighted by Gasteiger charge is 2.32. The number of aryl methyl sites for hydroxylation is 1. The highest BCUT2D eigenvalue weighted by atomic mass is 35.5.